The van der Waals surface area contributed by atoms with Crippen LogP contribution in [0.5, 0.6) is 5.75 Å². The maximum absolute atomic E-state index is 11.3. The Morgan fingerprint density at radius 2 is 2.20 bits per heavy atom. The molecule has 2 saturated carbocycles. The van der Waals surface area contributed by atoms with Crippen molar-refractivity contribution >= 4 is 11.4 Å². The molecule has 0 unspecified atom stereocenters. The van der Waals surface area contributed by atoms with E-state index in [1.165, 1.54) is 25.7 Å². The molecule has 0 amide bonds. The number of nitro groups is 1. The van der Waals surface area contributed by atoms with Crippen LogP contribution < -0.4 is 10.1 Å². The molecule has 2 aliphatic carbocycles. The molecule has 5 nitrogen and oxygen atoms in total. The Kier molecular flexibility index (Phi) is 3.28. The number of rotatable bonds is 7. The molecule has 0 heterocycles. The van der Waals surface area contributed by atoms with Gasteiger partial charge < -0.3 is 10.1 Å². The summed E-state index contributed by atoms with van der Waals surface area (Å²) in [7, 11) is 0. The highest BCUT2D eigenvalue weighted by Gasteiger charge is 2.53. The second kappa shape index (κ2) is 4.96. The van der Waals surface area contributed by atoms with E-state index in [4.69, 9.17) is 4.74 Å². The van der Waals surface area contributed by atoms with E-state index in [-0.39, 0.29) is 10.6 Å². The molecule has 2 aliphatic rings. The number of ether oxygens (including phenoxy) is 1. The van der Waals surface area contributed by atoms with Crippen molar-refractivity contribution in [2.24, 2.45) is 11.3 Å². The summed E-state index contributed by atoms with van der Waals surface area (Å²) >= 11 is 0. The standard InChI is InChI=1S/C15H20N2O3/c1-2-20-13-5-3-4-12(14(13)17(18)19)16-10-15(8-9-15)11-6-7-11/h3-5,11,16H,2,6-10H2,1H3. The molecular weight excluding hydrogens is 256 g/mol. The molecule has 1 aromatic carbocycles. The quantitative estimate of drug-likeness (QED) is 0.610. The first kappa shape index (κ1) is 13.2. The molecular formula is C15H20N2O3. The summed E-state index contributed by atoms with van der Waals surface area (Å²) in [5.41, 5.74) is 1.05. The maximum Gasteiger partial charge on any atom is 0.333 e. The van der Waals surface area contributed by atoms with Crippen molar-refractivity contribution in [2.45, 2.75) is 32.6 Å². The highest BCUT2D eigenvalue weighted by atomic mass is 16.6. The zero-order valence-electron chi connectivity index (χ0n) is 11.7. The molecule has 20 heavy (non-hydrogen) atoms. The molecule has 0 bridgehead atoms. The van der Waals surface area contributed by atoms with Crippen molar-refractivity contribution in [3.05, 3.63) is 28.3 Å². The van der Waals surface area contributed by atoms with Crippen molar-refractivity contribution in [3.63, 3.8) is 0 Å². The topological polar surface area (TPSA) is 64.4 Å². The largest absolute Gasteiger partial charge is 0.487 e. The second-order valence-electron chi connectivity index (χ2n) is 5.83. The minimum absolute atomic E-state index is 0.0564. The predicted molar refractivity (Wildman–Crippen MR) is 77.1 cm³/mol. The van der Waals surface area contributed by atoms with Gasteiger partial charge in [-0.2, -0.15) is 0 Å². The average Bonchev–Trinajstić information content (AvgIpc) is 3.27. The number of anilines is 1. The first-order chi connectivity index (χ1) is 9.66. The fraction of sp³-hybridized carbons (Fsp3) is 0.600. The van der Waals surface area contributed by atoms with Gasteiger partial charge in [-0.15, -0.1) is 0 Å². The van der Waals surface area contributed by atoms with Gasteiger partial charge in [0.05, 0.1) is 11.5 Å². The van der Waals surface area contributed by atoms with Crippen LogP contribution in [0, 0.1) is 21.4 Å². The average molecular weight is 276 g/mol. The number of para-hydroxylation sites is 1. The lowest BCUT2D eigenvalue weighted by molar-refractivity contribution is -0.384. The van der Waals surface area contributed by atoms with E-state index in [1.54, 1.807) is 18.2 Å². The van der Waals surface area contributed by atoms with Crippen LogP contribution in [-0.2, 0) is 0 Å². The van der Waals surface area contributed by atoms with Crippen molar-refractivity contribution in [1.82, 2.24) is 0 Å². The lowest BCUT2D eigenvalue weighted by Gasteiger charge is -2.16. The zero-order chi connectivity index (χ0) is 14.2. The van der Waals surface area contributed by atoms with Crippen molar-refractivity contribution < 1.29 is 9.66 Å². The minimum Gasteiger partial charge on any atom is -0.487 e. The third kappa shape index (κ3) is 2.44. The first-order valence-electron chi connectivity index (χ1n) is 7.30. The van der Waals surface area contributed by atoms with Crippen LogP contribution in [0.2, 0.25) is 0 Å². The zero-order valence-corrected chi connectivity index (χ0v) is 11.7. The van der Waals surface area contributed by atoms with Gasteiger partial charge in [-0.05, 0) is 56.1 Å². The number of nitrogens with one attached hydrogen (secondary N) is 1. The summed E-state index contributed by atoms with van der Waals surface area (Å²) in [5.74, 6) is 1.18. The molecule has 108 valence electrons. The summed E-state index contributed by atoms with van der Waals surface area (Å²) in [4.78, 5) is 10.9. The summed E-state index contributed by atoms with van der Waals surface area (Å²) < 4.78 is 5.36. The molecule has 0 radical (unpaired) electrons. The van der Waals surface area contributed by atoms with Gasteiger partial charge in [0.1, 0.15) is 5.69 Å². The van der Waals surface area contributed by atoms with Crippen molar-refractivity contribution in [3.8, 4) is 5.75 Å². The Balaban J connectivity index is 1.77. The molecule has 1 aromatic rings. The van der Waals surface area contributed by atoms with E-state index in [0.29, 0.717) is 23.5 Å². The van der Waals surface area contributed by atoms with E-state index < -0.39 is 0 Å². The first-order valence-corrected chi connectivity index (χ1v) is 7.30. The predicted octanol–water partition coefficient (Wildman–Crippen LogP) is 3.60. The summed E-state index contributed by atoms with van der Waals surface area (Å²) in [6.07, 6.45) is 5.15. The third-order valence-corrected chi connectivity index (χ3v) is 4.45. The number of nitrogens with zero attached hydrogens (tertiary/aromatic N) is 1. The number of benzene rings is 1. The molecule has 2 fully saturated rings. The SMILES string of the molecule is CCOc1cccc(NCC2(C3CC3)CC2)c1[N+](=O)[O-]. The summed E-state index contributed by atoms with van der Waals surface area (Å²) in [6, 6.07) is 5.22. The van der Waals surface area contributed by atoms with Crippen LogP contribution in [0.15, 0.2) is 18.2 Å². The van der Waals surface area contributed by atoms with Gasteiger partial charge in [-0.3, -0.25) is 10.1 Å². The molecule has 0 aromatic heterocycles. The van der Waals surface area contributed by atoms with E-state index in [1.807, 2.05) is 6.92 Å². The van der Waals surface area contributed by atoms with Crippen LogP contribution in [0.1, 0.15) is 32.6 Å². The van der Waals surface area contributed by atoms with Gasteiger partial charge in [0.15, 0.2) is 5.75 Å². The molecule has 0 spiro atoms. The Labute approximate surface area is 118 Å². The molecule has 0 saturated heterocycles. The second-order valence-corrected chi connectivity index (χ2v) is 5.83. The molecule has 0 aliphatic heterocycles. The van der Waals surface area contributed by atoms with Gasteiger partial charge in [-0.25, -0.2) is 0 Å². The van der Waals surface area contributed by atoms with Crippen LogP contribution in [0.3, 0.4) is 0 Å². The highest BCUT2D eigenvalue weighted by molar-refractivity contribution is 5.68. The van der Waals surface area contributed by atoms with Crippen molar-refractivity contribution in [2.75, 3.05) is 18.5 Å². The molecule has 5 heteroatoms. The third-order valence-electron chi connectivity index (χ3n) is 4.45. The van der Waals surface area contributed by atoms with Crippen molar-refractivity contribution in [1.29, 1.82) is 0 Å². The van der Waals surface area contributed by atoms with Gasteiger partial charge in [0, 0.05) is 6.54 Å². The fourth-order valence-electron chi connectivity index (χ4n) is 2.98. The van der Waals surface area contributed by atoms with Gasteiger partial charge in [0.2, 0.25) is 0 Å². The summed E-state index contributed by atoms with van der Waals surface area (Å²) in [6.45, 7) is 3.10. The van der Waals surface area contributed by atoms with Gasteiger partial charge >= 0.3 is 5.69 Å². The lowest BCUT2D eigenvalue weighted by Crippen LogP contribution is -2.18. The normalized spacial score (nSPS) is 19.4. The Hall–Kier alpha value is -1.78. The van der Waals surface area contributed by atoms with E-state index >= 15 is 0 Å². The lowest BCUT2D eigenvalue weighted by atomic mass is 10.0. The smallest absolute Gasteiger partial charge is 0.333 e. The maximum atomic E-state index is 11.3. The minimum atomic E-state index is -0.357. The number of nitro benzene ring substituents is 1. The van der Waals surface area contributed by atoms with Gasteiger partial charge in [0.25, 0.3) is 0 Å². The van der Waals surface area contributed by atoms with Crippen LogP contribution in [-0.4, -0.2) is 18.1 Å². The van der Waals surface area contributed by atoms with Crippen LogP contribution in [0.4, 0.5) is 11.4 Å². The van der Waals surface area contributed by atoms with Crippen LogP contribution in [0.25, 0.3) is 0 Å². The highest BCUT2D eigenvalue weighted by Crippen LogP contribution is 2.61. The van der Waals surface area contributed by atoms with E-state index in [9.17, 15) is 10.1 Å². The number of hydrogen-bond donors (Lipinski definition) is 1. The Bertz CT molecular complexity index is 522. The number of hydrogen-bond acceptors (Lipinski definition) is 4. The molecule has 0 atom stereocenters. The molecule has 1 N–H and O–H groups in total. The Morgan fingerprint density at radius 3 is 2.75 bits per heavy atom. The molecule has 3 rings (SSSR count). The van der Waals surface area contributed by atoms with E-state index in [0.717, 1.165) is 12.5 Å². The fourth-order valence-corrected chi connectivity index (χ4v) is 2.98. The van der Waals surface area contributed by atoms with Crippen LogP contribution >= 0.6 is 0 Å². The summed E-state index contributed by atoms with van der Waals surface area (Å²) in [5, 5.41) is 14.6. The van der Waals surface area contributed by atoms with E-state index in [2.05, 4.69) is 5.32 Å². The monoisotopic (exact) mass is 276 g/mol. The van der Waals surface area contributed by atoms with Gasteiger partial charge in [-0.1, -0.05) is 6.07 Å². The Morgan fingerprint density at radius 1 is 1.45 bits per heavy atom.